The summed E-state index contributed by atoms with van der Waals surface area (Å²) in [5, 5.41) is 20.6. The molecule has 0 aliphatic heterocycles. The van der Waals surface area contributed by atoms with Crippen LogP contribution < -0.4 is 5.32 Å². The SMILES string of the molecule is CC(C)c1ccc(-n2cc(C(C)(C)NC(=O)CC3(C#N)CC3)nn2)cc1. The lowest BCUT2D eigenvalue weighted by Crippen LogP contribution is -2.42. The highest BCUT2D eigenvalue weighted by atomic mass is 16.1. The molecule has 1 heterocycles. The average Bonchev–Trinajstić information content (AvgIpc) is 3.17. The van der Waals surface area contributed by atoms with E-state index in [4.69, 9.17) is 5.26 Å². The molecule has 0 saturated heterocycles. The third kappa shape index (κ3) is 3.77. The lowest BCUT2D eigenvalue weighted by atomic mass is 9.99. The van der Waals surface area contributed by atoms with E-state index in [0.29, 0.717) is 11.6 Å². The number of nitrogens with one attached hydrogen (secondary N) is 1. The Hall–Kier alpha value is -2.68. The predicted octanol–water partition coefficient (Wildman–Crippen LogP) is 3.44. The Balaban J connectivity index is 1.71. The van der Waals surface area contributed by atoms with Gasteiger partial charge in [0.1, 0.15) is 5.69 Å². The van der Waals surface area contributed by atoms with Gasteiger partial charge in [0, 0.05) is 6.42 Å². The van der Waals surface area contributed by atoms with E-state index in [0.717, 1.165) is 18.5 Å². The molecule has 6 nitrogen and oxygen atoms in total. The summed E-state index contributed by atoms with van der Waals surface area (Å²) in [5.41, 5.74) is 1.78. The molecular formula is C20H25N5O. The Bertz CT molecular complexity index is 838. The third-order valence-electron chi connectivity index (χ3n) is 5.00. The fraction of sp³-hybridized carbons (Fsp3) is 0.500. The monoisotopic (exact) mass is 351 g/mol. The molecule has 1 N–H and O–H groups in total. The van der Waals surface area contributed by atoms with Crippen molar-refractivity contribution in [1.29, 1.82) is 5.26 Å². The molecule has 0 spiro atoms. The zero-order valence-electron chi connectivity index (χ0n) is 15.8. The van der Waals surface area contributed by atoms with E-state index in [1.54, 1.807) is 4.68 Å². The molecule has 26 heavy (non-hydrogen) atoms. The van der Waals surface area contributed by atoms with E-state index in [9.17, 15) is 4.79 Å². The molecule has 1 aliphatic rings. The maximum Gasteiger partial charge on any atom is 0.222 e. The molecule has 6 heteroatoms. The van der Waals surface area contributed by atoms with Gasteiger partial charge in [-0.2, -0.15) is 5.26 Å². The summed E-state index contributed by atoms with van der Waals surface area (Å²) < 4.78 is 1.71. The molecule has 0 bridgehead atoms. The molecule has 1 aromatic heterocycles. The normalized spacial score (nSPS) is 15.5. The lowest BCUT2D eigenvalue weighted by molar-refractivity contribution is -0.123. The number of hydrogen-bond acceptors (Lipinski definition) is 4. The van der Waals surface area contributed by atoms with E-state index >= 15 is 0 Å². The maximum absolute atomic E-state index is 12.3. The van der Waals surface area contributed by atoms with Crippen molar-refractivity contribution in [3.63, 3.8) is 0 Å². The molecule has 1 saturated carbocycles. The van der Waals surface area contributed by atoms with Crippen molar-refractivity contribution in [2.45, 2.75) is 58.4 Å². The second-order valence-corrected chi connectivity index (χ2v) is 8.04. The first-order valence-corrected chi connectivity index (χ1v) is 9.00. The lowest BCUT2D eigenvalue weighted by Gasteiger charge is -2.24. The summed E-state index contributed by atoms with van der Waals surface area (Å²) in [6.45, 7) is 8.11. The van der Waals surface area contributed by atoms with E-state index < -0.39 is 11.0 Å². The summed E-state index contributed by atoms with van der Waals surface area (Å²) in [6.07, 6.45) is 3.69. The highest BCUT2D eigenvalue weighted by Gasteiger charge is 2.45. The van der Waals surface area contributed by atoms with Gasteiger partial charge in [-0.15, -0.1) is 5.10 Å². The van der Waals surface area contributed by atoms with Crippen LogP contribution in [0, 0.1) is 16.7 Å². The zero-order valence-corrected chi connectivity index (χ0v) is 15.8. The van der Waals surface area contributed by atoms with Gasteiger partial charge in [-0.25, -0.2) is 4.68 Å². The molecule has 3 rings (SSSR count). The largest absolute Gasteiger partial charge is 0.345 e. The average molecular weight is 351 g/mol. The van der Waals surface area contributed by atoms with Crippen LogP contribution in [0.5, 0.6) is 0 Å². The van der Waals surface area contributed by atoms with Crippen LogP contribution in [0.3, 0.4) is 0 Å². The van der Waals surface area contributed by atoms with E-state index in [-0.39, 0.29) is 12.3 Å². The van der Waals surface area contributed by atoms with Crippen molar-refractivity contribution in [1.82, 2.24) is 20.3 Å². The zero-order chi connectivity index (χ0) is 18.9. The van der Waals surface area contributed by atoms with E-state index in [1.807, 2.05) is 32.2 Å². The standard InChI is InChI=1S/C20H25N5O/c1-14(2)15-5-7-16(8-6-15)25-12-17(23-24-25)19(3,4)22-18(26)11-20(13-21)9-10-20/h5-8,12,14H,9-11H2,1-4H3,(H,22,26). The van der Waals surface area contributed by atoms with Crippen LogP contribution >= 0.6 is 0 Å². The van der Waals surface area contributed by atoms with E-state index in [1.165, 1.54) is 5.56 Å². The number of nitrogens with zero attached hydrogens (tertiary/aromatic N) is 4. The van der Waals surface area contributed by atoms with Gasteiger partial charge in [-0.1, -0.05) is 31.2 Å². The minimum Gasteiger partial charge on any atom is -0.345 e. The van der Waals surface area contributed by atoms with Crippen LogP contribution in [0.25, 0.3) is 5.69 Å². The first-order chi connectivity index (χ1) is 12.2. The second kappa shape index (κ2) is 6.56. The van der Waals surface area contributed by atoms with Crippen molar-refractivity contribution in [3.05, 3.63) is 41.7 Å². The Kier molecular flexibility index (Phi) is 4.57. The minimum atomic E-state index is -0.654. The second-order valence-electron chi connectivity index (χ2n) is 8.04. The number of rotatable bonds is 6. The Morgan fingerprint density at radius 3 is 2.54 bits per heavy atom. The van der Waals surface area contributed by atoms with Crippen LogP contribution in [0.4, 0.5) is 0 Å². The third-order valence-corrected chi connectivity index (χ3v) is 5.00. The first kappa shape index (κ1) is 18.1. The number of nitriles is 1. The predicted molar refractivity (Wildman–Crippen MR) is 98.5 cm³/mol. The van der Waals surface area contributed by atoms with Crippen LogP contribution in [0.2, 0.25) is 0 Å². The fourth-order valence-electron chi connectivity index (χ4n) is 2.93. The fourth-order valence-corrected chi connectivity index (χ4v) is 2.93. The number of aromatic nitrogens is 3. The van der Waals surface area contributed by atoms with Gasteiger partial charge in [0.15, 0.2) is 0 Å². The van der Waals surface area contributed by atoms with Crippen LogP contribution in [-0.4, -0.2) is 20.9 Å². The summed E-state index contributed by atoms with van der Waals surface area (Å²) in [7, 11) is 0. The molecule has 1 aromatic carbocycles. The number of benzene rings is 1. The van der Waals surface area contributed by atoms with Gasteiger partial charge in [-0.05, 0) is 50.3 Å². The number of carbonyl (C=O) groups excluding carboxylic acids is 1. The van der Waals surface area contributed by atoms with Gasteiger partial charge >= 0.3 is 0 Å². The Morgan fingerprint density at radius 2 is 2.00 bits per heavy atom. The number of amides is 1. The molecule has 0 radical (unpaired) electrons. The summed E-state index contributed by atoms with van der Waals surface area (Å²) >= 11 is 0. The number of hydrogen-bond donors (Lipinski definition) is 1. The van der Waals surface area contributed by atoms with Gasteiger partial charge in [0.05, 0.1) is 28.9 Å². The topological polar surface area (TPSA) is 83.6 Å². The summed E-state index contributed by atoms with van der Waals surface area (Å²) in [6, 6.07) is 10.5. The molecule has 0 unspecified atom stereocenters. The molecule has 1 amide bonds. The summed E-state index contributed by atoms with van der Waals surface area (Å²) in [4.78, 5) is 12.3. The van der Waals surface area contributed by atoms with Crippen molar-refractivity contribution in [2.75, 3.05) is 0 Å². The first-order valence-electron chi connectivity index (χ1n) is 9.00. The maximum atomic E-state index is 12.3. The van der Waals surface area contributed by atoms with Gasteiger partial charge in [0.2, 0.25) is 5.91 Å². The smallest absolute Gasteiger partial charge is 0.222 e. The van der Waals surface area contributed by atoms with Crippen LogP contribution in [0.1, 0.15) is 64.1 Å². The minimum absolute atomic E-state index is 0.120. The molecule has 1 fully saturated rings. The Morgan fingerprint density at radius 1 is 1.35 bits per heavy atom. The summed E-state index contributed by atoms with van der Waals surface area (Å²) in [5.74, 6) is 0.359. The van der Waals surface area contributed by atoms with Gasteiger partial charge in [-0.3, -0.25) is 4.79 Å². The molecule has 136 valence electrons. The van der Waals surface area contributed by atoms with Crippen molar-refractivity contribution in [3.8, 4) is 11.8 Å². The molecule has 2 aromatic rings. The molecule has 1 aliphatic carbocycles. The highest BCUT2D eigenvalue weighted by Crippen LogP contribution is 2.48. The van der Waals surface area contributed by atoms with Crippen molar-refractivity contribution >= 4 is 5.91 Å². The molecular weight excluding hydrogens is 326 g/mol. The highest BCUT2D eigenvalue weighted by molar-refractivity contribution is 5.78. The Labute approximate surface area is 154 Å². The van der Waals surface area contributed by atoms with Gasteiger partial charge in [0.25, 0.3) is 0 Å². The van der Waals surface area contributed by atoms with Gasteiger partial charge < -0.3 is 5.32 Å². The number of carbonyl (C=O) groups is 1. The quantitative estimate of drug-likeness (QED) is 0.864. The van der Waals surface area contributed by atoms with Crippen molar-refractivity contribution in [2.24, 2.45) is 5.41 Å². The van der Waals surface area contributed by atoms with Crippen molar-refractivity contribution < 1.29 is 4.79 Å². The van der Waals surface area contributed by atoms with E-state index in [2.05, 4.69) is 47.7 Å². The molecule has 0 atom stereocenters. The van der Waals surface area contributed by atoms with Crippen LogP contribution in [0.15, 0.2) is 30.5 Å². The van der Waals surface area contributed by atoms with Crippen LogP contribution in [-0.2, 0) is 10.3 Å².